The van der Waals surface area contributed by atoms with Crippen LogP contribution < -0.4 is 10.5 Å². The van der Waals surface area contributed by atoms with Gasteiger partial charge >= 0.3 is 0 Å². The standard InChI is InChI=1S/C17H27FN2O2/c1-2-3-10-21-13-15(8-9-19)20-11-17(12-20)22-16-6-4-14(18)5-7-16/h4-7,15,17H,2-3,8-13,19H2,1H3. The van der Waals surface area contributed by atoms with E-state index in [1.807, 2.05) is 0 Å². The van der Waals surface area contributed by atoms with Gasteiger partial charge in [0.1, 0.15) is 17.7 Å². The topological polar surface area (TPSA) is 47.7 Å². The van der Waals surface area contributed by atoms with Crippen LogP contribution in [0.5, 0.6) is 5.75 Å². The SMILES string of the molecule is CCCCOCC(CCN)N1CC(Oc2ccc(F)cc2)C1. The minimum Gasteiger partial charge on any atom is -0.488 e. The molecule has 1 saturated heterocycles. The van der Waals surface area contributed by atoms with E-state index >= 15 is 0 Å². The number of ether oxygens (including phenoxy) is 2. The van der Waals surface area contributed by atoms with Crippen molar-refractivity contribution in [2.75, 3.05) is 32.8 Å². The molecular formula is C17H27FN2O2. The summed E-state index contributed by atoms with van der Waals surface area (Å²) in [5, 5.41) is 0. The number of nitrogens with zero attached hydrogens (tertiary/aromatic N) is 1. The molecule has 22 heavy (non-hydrogen) atoms. The van der Waals surface area contributed by atoms with Crippen molar-refractivity contribution in [2.45, 2.75) is 38.3 Å². The van der Waals surface area contributed by atoms with Gasteiger partial charge in [-0.2, -0.15) is 0 Å². The zero-order valence-electron chi connectivity index (χ0n) is 13.3. The van der Waals surface area contributed by atoms with Crippen molar-refractivity contribution in [1.82, 2.24) is 4.90 Å². The summed E-state index contributed by atoms with van der Waals surface area (Å²) >= 11 is 0. The van der Waals surface area contributed by atoms with Gasteiger partial charge in [0.05, 0.1) is 6.61 Å². The molecule has 0 radical (unpaired) electrons. The Balaban J connectivity index is 1.71. The zero-order chi connectivity index (χ0) is 15.8. The molecule has 5 heteroatoms. The van der Waals surface area contributed by atoms with Gasteiger partial charge in [0.15, 0.2) is 0 Å². The Bertz CT molecular complexity index is 421. The third kappa shape index (κ3) is 5.23. The first kappa shape index (κ1) is 17.2. The Morgan fingerprint density at radius 2 is 2.05 bits per heavy atom. The number of hydrogen-bond acceptors (Lipinski definition) is 4. The van der Waals surface area contributed by atoms with Crippen molar-refractivity contribution in [3.63, 3.8) is 0 Å². The number of rotatable bonds is 10. The monoisotopic (exact) mass is 310 g/mol. The van der Waals surface area contributed by atoms with Crippen molar-refractivity contribution < 1.29 is 13.9 Å². The van der Waals surface area contributed by atoms with E-state index in [1.165, 1.54) is 12.1 Å². The summed E-state index contributed by atoms with van der Waals surface area (Å²) in [4.78, 5) is 2.35. The van der Waals surface area contributed by atoms with Crippen LogP contribution in [0.4, 0.5) is 4.39 Å². The van der Waals surface area contributed by atoms with E-state index in [1.54, 1.807) is 12.1 Å². The minimum absolute atomic E-state index is 0.168. The van der Waals surface area contributed by atoms with Crippen molar-refractivity contribution in [3.05, 3.63) is 30.1 Å². The summed E-state index contributed by atoms with van der Waals surface area (Å²) in [5.74, 6) is 0.482. The molecule has 124 valence electrons. The fourth-order valence-electron chi connectivity index (χ4n) is 2.58. The van der Waals surface area contributed by atoms with Crippen LogP contribution in [0.1, 0.15) is 26.2 Å². The summed E-state index contributed by atoms with van der Waals surface area (Å²) < 4.78 is 24.4. The van der Waals surface area contributed by atoms with Gasteiger partial charge in [0, 0.05) is 25.7 Å². The number of hydrogen-bond donors (Lipinski definition) is 1. The van der Waals surface area contributed by atoms with Crippen LogP contribution in [-0.4, -0.2) is 49.9 Å². The first-order valence-corrected chi connectivity index (χ1v) is 8.17. The predicted molar refractivity (Wildman–Crippen MR) is 85.6 cm³/mol. The molecule has 1 fully saturated rings. The Morgan fingerprint density at radius 1 is 1.32 bits per heavy atom. The van der Waals surface area contributed by atoms with Gasteiger partial charge in [-0.05, 0) is 43.7 Å². The smallest absolute Gasteiger partial charge is 0.124 e. The first-order chi connectivity index (χ1) is 10.7. The fourth-order valence-corrected chi connectivity index (χ4v) is 2.58. The lowest BCUT2D eigenvalue weighted by Crippen LogP contribution is -2.59. The summed E-state index contributed by atoms with van der Waals surface area (Å²) in [5.41, 5.74) is 5.70. The quantitative estimate of drug-likeness (QED) is 0.674. The molecule has 2 N–H and O–H groups in total. The van der Waals surface area contributed by atoms with Gasteiger partial charge < -0.3 is 15.2 Å². The van der Waals surface area contributed by atoms with Crippen molar-refractivity contribution >= 4 is 0 Å². The van der Waals surface area contributed by atoms with Crippen molar-refractivity contribution in [1.29, 1.82) is 0 Å². The maximum absolute atomic E-state index is 12.9. The van der Waals surface area contributed by atoms with E-state index < -0.39 is 0 Å². The fraction of sp³-hybridized carbons (Fsp3) is 0.647. The average molecular weight is 310 g/mol. The molecule has 0 amide bonds. The molecule has 1 aromatic carbocycles. The highest BCUT2D eigenvalue weighted by molar-refractivity contribution is 5.22. The van der Waals surface area contributed by atoms with Gasteiger partial charge in [0.2, 0.25) is 0 Å². The lowest BCUT2D eigenvalue weighted by Gasteiger charge is -2.43. The van der Waals surface area contributed by atoms with E-state index in [0.29, 0.717) is 12.6 Å². The maximum Gasteiger partial charge on any atom is 0.124 e. The van der Waals surface area contributed by atoms with Crippen LogP contribution in [0.2, 0.25) is 0 Å². The van der Waals surface area contributed by atoms with Crippen LogP contribution in [0.15, 0.2) is 24.3 Å². The average Bonchev–Trinajstić information content (AvgIpc) is 2.48. The number of likely N-dealkylation sites (tertiary alicyclic amines) is 1. The second kappa shape index (κ2) is 9.08. The first-order valence-electron chi connectivity index (χ1n) is 8.17. The zero-order valence-corrected chi connectivity index (χ0v) is 13.3. The van der Waals surface area contributed by atoms with E-state index in [4.69, 9.17) is 15.2 Å². The molecule has 1 aliphatic heterocycles. The highest BCUT2D eigenvalue weighted by Crippen LogP contribution is 2.21. The molecule has 1 aliphatic rings. The van der Waals surface area contributed by atoms with Gasteiger partial charge in [0.25, 0.3) is 0 Å². The van der Waals surface area contributed by atoms with Gasteiger partial charge in [-0.15, -0.1) is 0 Å². The van der Waals surface area contributed by atoms with E-state index in [2.05, 4.69) is 11.8 Å². The Morgan fingerprint density at radius 3 is 2.68 bits per heavy atom. The van der Waals surface area contributed by atoms with Gasteiger partial charge in [-0.3, -0.25) is 4.90 Å². The summed E-state index contributed by atoms with van der Waals surface area (Å²) in [6.07, 6.45) is 3.36. The second-order valence-corrected chi connectivity index (χ2v) is 5.81. The van der Waals surface area contributed by atoms with Crippen LogP contribution in [0.3, 0.4) is 0 Å². The number of unbranched alkanes of at least 4 members (excludes halogenated alkanes) is 1. The van der Waals surface area contributed by atoms with E-state index in [0.717, 1.165) is 51.3 Å². The van der Waals surface area contributed by atoms with Crippen LogP contribution >= 0.6 is 0 Å². The molecule has 0 aliphatic carbocycles. The van der Waals surface area contributed by atoms with Crippen molar-refractivity contribution in [2.24, 2.45) is 5.73 Å². The Labute approximate surface area is 132 Å². The molecule has 0 spiro atoms. The highest BCUT2D eigenvalue weighted by Gasteiger charge is 2.33. The minimum atomic E-state index is -0.241. The molecule has 4 nitrogen and oxygen atoms in total. The third-order valence-electron chi connectivity index (χ3n) is 3.96. The lowest BCUT2D eigenvalue weighted by atomic mass is 10.1. The van der Waals surface area contributed by atoms with Crippen LogP contribution in [-0.2, 0) is 4.74 Å². The summed E-state index contributed by atoms with van der Waals surface area (Å²) in [6, 6.07) is 6.55. The molecule has 1 unspecified atom stereocenters. The summed E-state index contributed by atoms with van der Waals surface area (Å²) in [6.45, 7) is 6.13. The Hall–Kier alpha value is -1.17. The van der Waals surface area contributed by atoms with Gasteiger partial charge in [-0.1, -0.05) is 13.3 Å². The molecule has 0 saturated carbocycles. The summed E-state index contributed by atoms with van der Waals surface area (Å²) in [7, 11) is 0. The molecular weight excluding hydrogens is 283 g/mol. The number of benzene rings is 1. The number of nitrogens with two attached hydrogens (primary N) is 1. The molecule has 1 heterocycles. The largest absolute Gasteiger partial charge is 0.488 e. The molecule has 0 aromatic heterocycles. The Kier molecular flexibility index (Phi) is 7.09. The highest BCUT2D eigenvalue weighted by atomic mass is 19.1. The maximum atomic E-state index is 12.9. The second-order valence-electron chi connectivity index (χ2n) is 5.81. The molecule has 1 aromatic rings. The van der Waals surface area contributed by atoms with Crippen LogP contribution in [0.25, 0.3) is 0 Å². The number of halogens is 1. The lowest BCUT2D eigenvalue weighted by molar-refractivity contribution is -0.0388. The third-order valence-corrected chi connectivity index (χ3v) is 3.96. The molecule has 0 bridgehead atoms. The van der Waals surface area contributed by atoms with Crippen LogP contribution in [0, 0.1) is 5.82 Å². The van der Waals surface area contributed by atoms with E-state index in [9.17, 15) is 4.39 Å². The molecule has 1 atom stereocenters. The van der Waals surface area contributed by atoms with Crippen molar-refractivity contribution in [3.8, 4) is 5.75 Å². The molecule has 2 rings (SSSR count). The van der Waals surface area contributed by atoms with Gasteiger partial charge in [-0.25, -0.2) is 4.39 Å². The predicted octanol–water partition coefficient (Wildman–Crippen LogP) is 2.42. The van der Waals surface area contributed by atoms with E-state index in [-0.39, 0.29) is 11.9 Å². The normalized spacial score (nSPS) is 17.2.